The molecule has 0 bridgehead atoms. The van der Waals surface area contributed by atoms with Crippen LogP contribution in [0.15, 0.2) is 24.7 Å². The van der Waals surface area contributed by atoms with Crippen LogP contribution >= 0.6 is 0 Å². The third-order valence-corrected chi connectivity index (χ3v) is 5.81. The number of rotatable bonds is 5. The van der Waals surface area contributed by atoms with Gasteiger partial charge in [-0.1, -0.05) is 0 Å². The van der Waals surface area contributed by atoms with Crippen LogP contribution in [-0.4, -0.2) is 57.5 Å². The van der Waals surface area contributed by atoms with E-state index in [-0.39, 0.29) is 17.1 Å². The number of hydrogen-bond donors (Lipinski definition) is 2. The first-order valence-electron chi connectivity index (χ1n) is 10.5. The van der Waals surface area contributed by atoms with E-state index in [9.17, 15) is 9.18 Å². The van der Waals surface area contributed by atoms with Crippen LogP contribution in [0.25, 0.3) is 5.65 Å². The summed E-state index contributed by atoms with van der Waals surface area (Å²) in [6, 6.07) is 1.66. The third-order valence-electron chi connectivity index (χ3n) is 5.81. The van der Waals surface area contributed by atoms with Gasteiger partial charge in [0, 0.05) is 49.7 Å². The molecule has 3 aromatic heterocycles. The molecule has 2 unspecified atom stereocenters. The summed E-state index contributed by atoms with van der Waals surface area (Å²) in [4.78, 5) is 28.2. The van der Waals surface area contributed by atoms with Crippen molar-refractivity contribution in [3.63, 3.8) is 0 Å². The molecule has 3 aromatic rings. The molecular weight excluding hydrogens is 401 g/mol. The summed E-state index contributed by atoms with van der Waals surface area (Å²) in [5, 5.41) is 6.12. The summed E-state index contributed by atoms with van der Waals surface area (Å²) in [7, 11) is 0. The van der Waals surface area contributed by atoms with E-state index in [2.05, 4.69) is 30.5 Å². The number of fused-ring (bicyclic) bond motifs is 2. The standard InChI is InChI=1S/C21H24FN7O2/c1-3-31-20-15(8-24-21(27-20)29-10-13-7-23-5-4-17(13)29)19(30)26-14-6-16(22)18-25-12(2)9-28(18)11-14/h6,8-9,11,13,17,23H,3-5,7,10H2,1-2H3,(H,26,30). The number of ether oxygens (including phenoxy) is 1. The predicted octanol–water partition coefficient (Wildman–Crippen LogP) is 2.02. The first-order valence-corrected chi connectivity index (χ1v) is 10.5. The molecule has 5 heterocycles. The number of piperidine rings is 1. The van der Waals surface area contributed by atoms with Gasteiger partial charge in [0.05, 0.1) is 18.0 Å². The number of imidazole rings is 1. The van der Waals surface area contributed by atoms with Crippen LogP contribution in [0, 0.1) is 18.7 Å². The molecule has 9 nitrogen and oxygen atoms in total. The maximum absolute atomic E-state index is 14.3. The highest BCUT2D eigenvalue weighted by Gasteiger charge is 2.41. The molecule has 0 aromatic carbocycles. The van der Waals surface area contributed by atoms with Crippen molar-refractivity contribution < 1.29 is 13.9 Å². The van der Waals surface area contributed by atoms with E-state index in [0.29, 0.717) is 35.9 Å². The largest absolute Gasteiger partial charge is 0.477 e. The number of carbonyl (C=O) groups is 1. The number of pyridine rings is 1. The monoisotopic (exact) mass is 425 g/mol. The zero-order chi connectivity index (χ0) is 21.5. The molecule has 10 heteroatoms. The van der Waals surface area contributed by atoms with Crippen molar-refractivity contribution in [2.45, 2.75) is 26.3 Å². The van der Waals surface area contributed by atoms with E-state index in [4.69, 9.17) is 4.74 Å². The number of amides is 1. The van der Waals surface area contributed by atoms with Crippen molar-refractivity contribution in [2.24, 2.45) is 5.92 Å². The van der Waals surface area contributed by atoms with Gasteiger partial charge in [0.2, 0.25) is 11.8 Å². The van der Waals surface area contributed by atoms with Crippen molar-refractivity contribution in [3.8, 4) is 5.88 Å². The summed E-state index contributed by atoms with van der Waals surface area (Å²) in [6.45, 7) is 6.86. The lowest BCUT2D eigenvalue weighted by atomic mass is 9.84. The van der Waals surface area contributed by atoms with Gasteiger partial charge in [0.1, 0.15) is 5.56 Å². The molecule has 1 amide bonds. The Morgan fingerprint density at radius 1 is 1.39 bits per heavy atom. The van der Waals surface area contributed by atoms with Crippen LogP contribution in [0.3, 0.4) is 0 Å². The predicted molar refractivity (Wildman–Crippen MR) is 113 cm³/mol. The number of halogens is 1. The molecule has 2 fully saturated rings. The Balaban J connectivity index is 1.39. The number of aromatic nitrogens is 4. The average molecular weight is 425 g/mol. The second-order valence-corrected chi connectivity index (χ2v) is 7.94. The van der Waals surface area contributed by atoms with Gasteiger partial charge in [-0.2, -0.15) is 4.98 Å². The van der Waals surface area contributed by atoms with Crippen LogP contribution in [0.4, 0.5) is 16.0 Å². The molecule has 2 atom stereocenters. The minimum absolute atomic E-state index is 0.204. The van der Waals surface area contributed by atoms with Crippen molar-refractivity contribution in [2.75, 3.05) is 36.5 Å². The first-order chi connectivity index (χ1) is 15.0. The van der Waals surface area contributed by atoms with Crippen LogP contribution in [0.2, 0.25) is 0 Å². The average Bonchev–Trinajstić information content (AvgIpc) is 3.10. The topological polar surface area (TPSA) is 96.7 Å². The maximum atomic E-state index is 14.3. The zero-order valence-electron chi connectivity index (χ0n) is 17.4. The fraction of sp³-hybridized carbons (Fsp3) is 0.429. The summed E-state index contributed by atoms with van der Waals surface area (Å²) in [5.74, 6) is 0.421. The van der Waals surface area contributed by atoms with Crippen molar-refractivity contribution in [1.82, 2.24) is 24.7 Å². The molecule has 162 valence electrons. The Labute approximate surface area is 178 Å². The summed E-state index contributed by atoms with van der Waals surface area (Å²) >= 11 is 0. The van der Waals surface area contributed by atoms with Crippen LogP contribution < -0.4 is 20.3 Å². The van der Waals surface area contributed by atoms with Crippen molar-refractivity contribution in [3.05, 3.63) is 41.7 Å². The van der Waals surface area contributed by atoms with E-state index < -0.39 is 11.7 Å². The molecule has 2 N–H and O–H groups in total. The molecule has 0 saturated carbocycles. The zero-order valence-corrected chi connectivity index (χ0v) is 17.4. The third kappa shape index (κ3) is 3.56. The molecule has 2 saturated heterocycles. The van der Waals surface area contributed by atoms with Gasteiger partial charge in [-0.25, -0.2) is 14.4 Å². The highest BCUT2D eigenvalue weighted by molar-refractivity contribution is 6.05. The van der Waals surface area contributed by atoms with Crippen molar-refractivity contribution >= 4 is 23.2 Å². The van der Waals surface area contributed by atoms with Crippen LogP contribution in [0.5, 0.6) is 5.88 Å². The van der Waals surface area contributed by atoms with Gasteiger partial charge < -0.3 is 24.7 Å². The molecule has 0 radical (unpaired) electrons. The Kier molecular flexibility index (Phi) is 4.93. The number of nitrogens with zero attached hydrogens (tertiary/aromatic N) is 5. The van der Waals surface area contributed by atoms with Crippen LogP contribution in [0.1, 0.15) is 29.4 Å². The summed E-state index contributed by atoms with van der Waals surface area (Å²) in [5.41, 5.74) is 1.41. The summed E-state index contributed by atoms with van der Waals surface area (Å²) in [6.07, 6.45) is 5.83. The Morgan fingerprint density at radius 3 is 3.06 bits per heavy atom. The van der Waals surface area contributed by atoms with E-state index in [1.165, 1.54) is 12.3 Å². The second-order valence-electron chi connectivity index (χ2n) is 7.94. The minimum Gasteiger partial charge on any atom is -0.477 e. The van der Waals surface area contributed by atoms with Crippen LogP contribution in [-0.2, 0) is 0 Å². The molecule has 2 aliphatic heterocycles. The van der Waals surface area contributed by atoms with E-state index >= 15 is 0 Å². The molecule has 0 aliphatic carbocycles. The lowest BCUT2D eigenvalue weighted by Crippen LogP contribution is -2.63. The number of carbonyl (C=O) groups excluding carboxylic acids is 1. The molecule has 31 heavy (non-hydrogen) atoms. The number of nitrogens with one attached hydrogen (secondary N) is 2. The van der Waals surface area contributed by atoms with Gasteiger partial charge in [0.15, 0.2) is 11.5 Å². The highest BCUT2D eigenvalue weighted by Crippen LogP contribution is 2.33. The lowest BCUT2D eigenvalue weighted by Gasteiger charge is -2.50. The molecule has 2 aliphatic rings. The second kappa shape index (κ2) is 7.77. The number of anilines is 2. The fourth-order valence-electron chi connectivity index (χ4n) is 4.33. The Bertz CT molecular complexity index is 1150. The van der Waals surface area contributed by atoms with E-state index in [1.807, 2.05) is 6.92 Å². The SMILES string of the molecule is CCOc1nc(N2CC3CNCCC32)ncc1C(=O)Nc1cc(F)c2nc(C)cn2c1. The lowest BCUT2D eigenvalue weighted by molar-refractivity contribution is 0.102. The number of hydrogen-bond acceptors (Lipinski definition) is 7. The number of aryl methyl sites for hydroxylation is 1. The van der Waals surface area contributed by atoms with Gasteiger partial charge in [-0.15, -0.1) is 0 Å². The van der Waals surface area contributed by atoms with Gasteiger partial charge in [-0.05, 0) is 26.8 Å². The van der Waals surface area contributed by atoms with Gasteiger partial charge in [-0.3, -0.25) is 4.79 Å². The Hall–Kier alpha value is -3.27. The van der Waals surface area contributed by atoms with E-state index in [0.717, 1.165) is 26.1 Å². The molecular formula is C21H24FN7O2. The minimum atomic E-state index is -0.517. The Morgan fingerprint density at radius 2 is 2.26 bits per heavy atom. The highest BCUT2D eigenvalue weighted by atomic mass is 19.1. The maximum Gasteiger partial charge on any atom is 0.262 e. The summed E-state index contributed by atoms with van der Waals surface area (Å²) < 4.78 is 21.5. The van der Waals surface area contributed by atoms with Crippen molar-refractivity contribution in [1.29, 1.82) is 0 Å². The normalized spacial score (nSPS) is 20.3. The smallest absolute Gasteiger partial charge is 0.262 e. The van der Waals surface area contributed by atoms with Gasteiger partial charge >= 0.3 is 0 Å². The fourth-order valence-corrected chi connectivity index (χ4v) is 4.33. The van der Waals surface area contributed by atoms with E-state index in [1.54, 1.807) is 23.7 Å². The quantitative estimate of drug-likeness (QED) is 0.646. The molecule has 0 spiro atoms. The van der Waals surface area contributed by atoms with Gasteiger partial charge in [0.25, 0.3) is 5.91 Å². The molecule has 5 rings (SSSR count). The first kappa shape index (κ1) is 19.7.